The summed E-state index contributed by atoms with van der Waals surface area (Å²) in [5.41, 5.74) is 2.49. The molecule has 0 saturated heterocycles. The monoisotopic (exact) mass is 246 g/mol. The van der Waals surface area contributed by atoms with Crippen molar-refractivity contribution in [3.05, 3.63) is 53.6 Å². The Hall–Kier alpha value is -1.38. The lowest BCUT2D eigenvalue weighted by atomic mass is 10.1. The van der Waals surface area contributed by atoms with Crippen molar-refractivity contribution in [1.82, 2.24) is 0 Å². The van der Waals surface area contributed by atoms with Gasteiger partial charge in [-0.2, -0.15) is 0 Å². The zero-order valence-electron chi connectivity index (χ0n) is 10.9. The van der Waals surface area contributed by atoms with Crippen LogP contribution in [0.25, 0.3) is 6.08 Å². The predicted octanol–water partition coefficient (Wildman–Crippen LogP) is 3.09. The molecule has 18 heavy (non-hydrogen) atoms. The molecule has 0 aliphatic carbocycles. The van der Waals surface area contributed by atoms with Gasteiger partial charge in [-0.15, -0.1) is 0 Å². The largest absolute Gasteiger partial charge is 0.396 e. The number of allylic oxidation sites excluding steroid dienone is 3. The minimum Gasteiger partial charge on any atom is -0.396 e. The van der Waals surface area contributed by atoms with Crippen molar-refractivity contribution in [3.8, 4) is 0 Å². The fourth-order valence-corrected chi connectivity index (χ4v) is 1.69. The van der Waals surface area contributed by atoms with E-state index in [-0.39, 0.29) is 12.7 Å². The lowest BCUT2D eigenvalue weighted by Gasteiger charge is -2.05. The van der Waals surface area contributed by atoms with Gasteiger partial charge in [-0.25, -0.2) is 0 Å². The summed E-state index contributed by atoms with van der Waals surface area (Å²) in [7, 11) is 0. The summed E-state index contributed by atoms with van der Waals surface area (Å²) in [4.78, 5) is 0. The van der Waals surface area contributed by atoms with Crippen molar-refractivity contribution in [2.45, 2.75) is 32.3 Å². The lowest BCUT2D eigenvalue weighted by Crippen LogP contribution is -2.07. The number of aliphatic hydroxyl groups excluding tert-OH is 2. The minimum absolute atomic E-state index is 0.0536. The first-order chi connectivity index (χ1) is 8.74. The van der Waals surface area contributed by atoms with Gasteiger partial charge in [0.25, 0.3) is 0 Å². The smallest absolute Gasteiger partial charge is 0.0565 e. The molecule has 2 N–H and O–H groups in total. The van der Waals surface area contributed by atoms with E-state index in [1.807, 2.05) is 30.4 Å². The molecule has 0 aliphatic rings. The van der Waals surface area contributed by atoms with Crippen molar-refractivity contribution in [2.75, 3.05) is 6.61 Å². The molecular weight excluding hydrogens is 224 g/mol. The van der Waals surface area contributed by atoms with Gasteiger partial charge in [0.1, 0.15) is 0 Å². The molecule has 0 aromatic heterocycles. The van der Waals surface area contributed by atoms with Gasteiger partial charge in [-0.3, -0.25) is 0 Å². The quantitative estimate of drug-likeness (QED) is 0.726. The highest BCUT2D eigenvalue weighted by molar-refractivity contribution is 5.54. The van der Waals surface area contributed by atoms with Crippen molar-refractivity contribution >= 4 is 6.08 Å². The Labute approximate surface area is 109 Å². The van der Waals surface area contributed by atoms with Gasteiger partial charge in [0.2, 0.25) is 0 Å². The Kier molecular flexibility index (Phi) is 7.07. The maximum Gasteiger partial charge on any atom is 0.0565 e. The second kappa shape index (κ2) is 8.67. The van der Waals surface area contributed by atoms with Crippen molar-refractivity contribution < 1.29 is 10.2 Å². The van der Waals surface area contributed by atoms with Crippen LogP contribution in [0, 0.1) is 6.92 Å². The molecule has 2 heteroatoms. The molecule has 0 saturated carbocycles. The van der Waals surface area contributed by atoms with Gasteiger partial charge in [0.15, 0.2) is 0 Å². The molecule has 0 radical (unpaired) electrons. The Balaban J connectivity index is 2.30. The normalized spacial score (nSPS) is 13.5. The fourth-order valence-electron chi connectivity index (χ4n) is 1.69. The number of benzene rings is 1. The van der Waals surface area contributed by atoms with Crippen LogP contribution in [-0.4, -0.2) is 22.9 Å². The summed E-state index contributed by atoms with van der Waals surface area (Å²) in [6.07, 6.45) is 9.74. The molecule has 0 heterocycles. The third-order valence-electron chi connectivity index (χ3n) is 2.84. The van der Waals surface area contributed by atoms with Crippen LogP contribution in [-0.2, 0) is 0 Å². The van der Waals surface area contributed by atoms with Crippen LogP contribution in [0.3, 0.4) is 0 Å². The van der Waals surface area contributed by atoms with Crippen LogP contribution in [0.2, 0.25) is 0 Å². The number of aryl methyl sites for hydroxylation is 1. The molecule has 0 fully saturated rings. The van der Waals surface area contributed by atoms with E-state index in [0.717, 1.165) is 6.42 Å². The first kappa shape index (κ1) is 14.7. The Bertz CT molecular complexity index is 394. The molecule has 2 nitrogen and oxygen atoms in total. The Morgan fingerprint density at radius 1 is 1.17 bits per heavy atom. The molecule has 0 amide bonds. The van der Waals surface area contributed by atoms with Crippen LogP contribution < -0.4 is 0 Å². The van der Waals surface area contributed by atoms with E-state index in [9.17, 15) is 5.11 Å². The highest BCUT2D eigenvalue weighted by Gasteiger charge is 1.99. The number of aliphatic hydroxyl groups is 2. The van der Waals surface area contributed by atoms with Crippen molar-refractivity contribution in [2.24, 2.45) is 0 Å². The SMILES string of the molecule is Cc1ccccc1C=CC=CCCC(O)CCO. The highest BCUT2D eigenvalue weighted by atomic mass is 16.3. The molecule has 1 unspecified atom stereocenters. The zero-order chi connectivity index (χ0) is 13.2. The van der Waals surface area contributed by atoms with Crippen molar-refractivity contribution in [3.63, 3.8) is 0 Å². The third-order valence-corrected chi connectivity index (χ3v) is 2.84. The van der Waals surface area contributed by atoms with E-state index >= 15 is 0 Å². The van der Waals surface area contributed by atoms with E-state index in [1.54, 1.807) is 0 Å². The second-order valence-corrected chi connectivity index (χ2v) is 4.39. The molecule has 0 bridgehead atoms. The topological polar surface area (TPSA) is 40.5 Å². The van der Waals surface area contributed by atoms with Gasteiger partial charge >= 0.3 is 0 Å². The first-order valence-electron chi connectivity index (χ1n) is 6.42. The van der Waals surface area contributed by atoms with Crippen LogP contribution in [0.1, 0.15) is 30.4 Å². The van der Waals surface area contributed by atoms with Crippen LogP contribution in [0.4, 0.5) is 0 Å². The van der Waals surface area contributed by atoms with E-state index < -0.39 is 0 Å². The van der Waals surface area contributed by atoms with Crippen molar-refractivity contribution in [1.29, 1.82) is 0 Å². The molecule has 98 valence electrons. The van der Waals surface area contributed by atoms with Crippen LogP contribution in [0.5, 0.6) is 0 Å². The molecule has 0 aliphatic heterocycles. The highest BCUT2D eigenvalue weighted by Crippen LogP contribution is 2.09. The molecule has 0 spiro atoms. The number of rotatable bonds is 7. The third kappa shape index (κ3) is 5.80. The van der Waals surface area contributed by atoms with Crippen LogP contribution in [0.15, 0.2) is 42.5 Å². The van der Waals surface area contributed by atoms with E-state index in [1.165, 1.54) is 11.1 Å². The fraction of sp³-hybridized carbons (Fsp3) is 0.375. The maximum atomic E-state index is 9.41. The van der Waals surface area contributed by atoms with E-state index in [0.29, 0.717) is 12.8 Å². The average molecular weight is 246 g/mol. The lowest BCUT2D eigenvalue weighted by molar-refractivity contribution is 0.126. The molecule has 1 rings (SSSR count). The predicted molar refractivity (Wildman–Crippen MR) is 76.3 cm³/mol. The summed E-state index contributed by atoms with van der Waals surface area (Å²) in [6, 6.07) is 8.24. The first-order valence-corrected chi connectivity index (χ1v) is 6.42. The Morgan fingerprint density at radius 3 is 2.67 bits per heavy atom. The Morgan fingerprint density at radius 2 is 1.94 bits per heavy atom. The maximum absolute atomic E-state index is 9.41. The van der Waals surface area contributed by atoms with Gasteiger partial charge in [0, 0.05) is 6.61 Å². The van der Waals surface area contributed by atoms with E-state index in [2.05, 4.69) is 25.1 Å². The van der Waals surface area contributed by atoms with Gasteiger partial charge in [-0.1, -0.05) is 48.6 Å². The summed E-state index contributed by atoms with van der Waals surface area (Å²) in [5.74, 6) is 0. The second-order valence-electron chi connectivity index (χ2n) is 4.39. The molecular formula is C16H22O2. The molecule has 1 atom stereocenters. The van der Waals surface area contributed by atoms with Gasteiger partial charge in [0.05, 0.1) is 6.10 Å². The molecule has 1 aromatic rings. The van der Waals surface area contributed by atoms with E-state index in [4.69, 9.17) is 5.11 Å². The number of hydrogen-bond acceptors (Lipinski definition) is 2. The summed E-state index contributed by atoms with van der Waals surface area (Å²) < 4.78 is 0. The summed E-state index contributed by atoms with van der Waals surface area (Å²) in [5, 5.41) is 18.0. The van der Waals surface area contributed by atoms with Crippen LogP contribution >= 0.6 is 0 Å². The minimum atomic E-state index is -0.389. The van der Waals surface area contributed by atoms with Gasteiger partial charge < -0.3 is 10.2 Å². The summed E-state index contributed by atoms with van der Waals surface area (Å²) in [6.45, 7) is 2.15. The summed E-state index contributed by atoms with van der Waals surface area (Å²) >= 11 is 0. The zero-order valence-corrected chi connectivity index (χ0v) is 10.9. The average Bonchev–Trinajstić information content (AvgIpc) is 2.36. The molecule has 1 aromatic carbocycles. The van der Waals surface area contributed by atoms with Gasteiger partial charge in [-0.05, 0) is 37.3 Å². The standard InChI is InChI=1S/C16H22O2/c1-14-8-6-7-10-15(14)9-4-2-3-5-11-16(18)12-13-17/h2-4,6-10,16-18H,5,11-13H2,1H3. The number of hydrogen-bond donors (Lipinski definition) is 2.